The second kappa shape index (κ2) is 7.27. The Kier molecular flexibility index (Phi) is 4.49. The van der Waals surface area contributed by atoms with Crippen molar-refractivity contribution >= 4 is 34.0 Å². The standard InChI is InChI=1S/C24H18N4O5/c1-13-11-14(2)27(25-13)20-9-7-15(12-21(20)33-3)26-23(29)17-6-4-5-16-19(28(31)32)10-8-18(22(16)17)24(26)30/h4-12H,1-3H3. The van der Waals surface area contributed by atoms with Crippen molar-refractivity contribution in [3.63, 3.8) is 0 Å². The van der Waals surface area contributed by atoms with Gasteiger partial charge in [0.2, 0.25) is 0 Å². The largest absolute Gasteiger partial charge is 0.494 e. The molecule has 0 bridgehead atoms. The predicted molar refractivity (Wildman–Crippen MR) is 121 cm³/mol. The van der Waals surface area contributed by atoms with Crippen LogP contribution in [0.25, 0.3) is 16.5 Å². The number of ether oxygens (including phenoxy) is 1. The quantitative estimate of drug-likeness (QED) is 0.264. The van der Waals surface area contributed by atoms with Gasteiger partial charge in [0.15, 0.2) is 0 Å². The van der Waals surface area contributed by atoms with Gasteiger partial charge in [-0.25, -0.2) is 9.58 Å². The van der Waals surface area contributed by atoms with E-state index in [1.807, 2.05) is 19.9 Å². The lowest BCUT2D eigenvalue weighted by molar-refractivity contribution is -0.383. The number of hydrogen-bond donors (Lipinski definition) is 0. The number of aromatic nitrogens is 2. The van der Waals surface area contributed by atoms with Gasteiger partial charge in [-0.05, 0) is 50.2 Å². The molecule has 0 saturated heterocycles. The Hall–Kier alpha value is -4.53. The summed E-state index contributed by atoms with van der Waals surface area (Å²) in [6.07, 6.45) is 0. The molecule has 0 N–H and O–H groups in total. The number of carbonyl (C=O) groups excluding carboxylic acids is 2. The Labute approximate surface area is 188 Å². The Morgan fingerprint density at radius 1 is 0.970 bits per heavy atom. The smallest absolute Gasteiger partial charge is 0.277 e. The topological polar surface area (TPSA) is 108 Å². The zero-order valence-electron chi connectivity index (χ0n) is 18.0. The number of hydrogen-bond acceptors (Lipinski definition) is 6. The molecule has 0 spiro atoms. The van der Waals surface area contributed by atoms with E-state index < -0.39 is 16.7 Å². The van der Waals surface area contributed by atoms with Gasteiger partial charge in [0.05, 0.1) is 28.8 Å². The summed E-state index contributed by atoms with van der Waals surface area (Å²) >= 11 is 0. The van der Waals surface area contributed by atoms with Crippen molar-refractivity contribution in [2.24, 2.45) is 0 Å². The molecule has 0 radical (unpaired) electrons. The molecule has 0 unspecified atom stereocenters. The lowest BCUT2D eigenvalue weighted by Crippen LogP contribution is -2.40. The highest BCUT2D eigenvalue weighted by molar-refractivity contribution is 6.36. The van der Waals surface area contributed by atoms with Gasteiger partial charge in [0, 0.05) is 34.3 Å². The molecule has 1 aliphatic rings. The lowest BCUT2D eigenvalue weighted by Gasteiger charge is -2.27. The number of imide groups is 1. The predicted octanol–water partition coefficient (Wildman–Crippen LogP) is 4.36. The van der Waals surface area contributed by atoms with E-state index in [4.69, 9.17) is 4.74 Å². The first-order valence-electron chi connectivity index (χ1n) is 10.1. The summed E-state index contributed by atoms with van der Waals surface area (Å²) in [4.78, 5) is 38.8. The summed E-state index contributed by atoms with van der Waals surface area (Å²) in [6, 6.07) is 14.3. The fourth-order valence-electron chi connectivity index (χ4n) is 4.33. The van der Waals surface area contributed by atoms with Crippen LogP contribution in [0.3, 0.4) is 0 Å². The summed E-state index contributed by atoms with van der Waals surface area (Å²) in [5.41, 5.74) is 3.06. The van der Waals surface area contributed by atoms with Gasteiger partial charge in [-0.2, -0.15) is 5.10 Å². The maximum absolute atomic E-state index is 13.4. The highest BCUT2D eigenvalue weighted by atomic mass is 16.6. The van der Waals surface area contributed by atoms with Crippen molar-refractivity contribution in [3.05, 3.63) is 87.2 Å². The third kappa shape index (κ3) is 2.97. The number of rotatable bonds is 4. The summed E-state index contributed by atoms with van der Waals surface area (Å²) in [5, 5.41) is 16.5. The summed E-state index contributed by atoms with van der Waals surface area (Å²) < 4.78 is 7.28. The van der Waals surface area contributed by atoms with Crippen LogP contribution in [0, 0.1) is 24.0 Å². The number of methoxy groups -OCH3 is 1. The summed E-state index contributed by atoms with van der Waals surface area (Å²) in [7, 11) is 1.50. The van der Waals surface area contributed by atoms with Crippen LogP contribution in [-0.4, -0.2) is 33.6 Å². The molecule has 9 heteroatoms. The minimum absolute atomic E-state index is 0.152. The van der Waals surface area contributed by atoms with E-state index >= 15 is 0 Å². The molecule has 0 fully saturated rings. The average molecular weight is 442 g/mol. The molecule has 1 aromatic heterocycles. The third-order valence-corrected chi connectivity index (χ3v) is 5.74. The maximum atomic E-state index is 13.4. The monoisotopic (exact) mass is 442 g/mol. The first kappa shape index (κ1) is 20.4. The van der Waals surface area contributed by atoms with Crippen LogP contribution >= 0.6 is 0 Å². The highest BCUT2D eigenvalue weighted by Gasteiger charge is 2.36. The van der Waals surface area contributed by atoms with Gasteiger partial charge < -0.3 is 4.74 Å². The molecule has 1 aliphatic heterocycles. The van der Waals surface area contributed by atoms with E-state index in [-0.39, 0.29) is 22.2 Å². The van der Waals surface area contributed by atoms with Crippen LogP contribution in [0.5, 0.6) is 5.75 Å². The van der Waals surface area contributed by atoms with Gasteiger partial charge in [-0.1, -0.05) is 6.07 Å². The molecule has 0 aliphatic carbocycles. The number of nitro benzene ring substituents is 1. The van der Waals surface area contributed by atoms with Crippen LogP contribution in [0.15, 0.2) is 54.6 Å². The van der Waals surface area contributed by atoms with E-state index in [9.17, 15) is 19.7 Å². The van der Waals surface area contributed by atoms with Gasteiger partial charge in [0.25, 0.3) is 17.5 Å². The average Bonchev–Trinajstić information content (AvgIpc) is 3.14. The van der Waals surface area contributed by atoms with Crippen LogP contribution in [0.2, 0.25) is 0 Å². The number of aryl methyl sites for hydroxylation is 2. The molecular formula is C24H18N4O5. The van der Waals surface area contributed by atoms with Gasteiger partial charge >= 0.3 is 0 Å². The molecule has 33 heavy (non-hydrogen) atoms. The van der Waals surface area contributed by atoms with E-state index in [1.54, 1.807) is 41.1 Å². The summed E-state index contributed by atoms with van der Waals surface area (Å²) in [6.45, 7) is 3.81. The number of anilines is 1. The van der Waals surface area contributed by atoms with Gasteiger partial charge in [-0.3, -0.25) is 19.7 Å². The number of nitro groups is 1. The summed E-state index contributed by atoms with van der Waals surface area (Å²) in [5.74, 6) is -0.675. The Balaban J connectivity index is 1.66. The SMILES string of the molecule is COc1cc(N2C(=O)c3cccc4c([N+](=O)[O-])ccc(c34)C2=O)ccc1-n1nc(C)cc1C. The maximum Gasteiger partial charge on any atom is 0.277 e. The Morgan fingerprint density at radius 3 is 2.33 bits per heavy atom. The normalized spacial score (nSPS) is 13.0. The number of amides is 2. The number of carbonyl (C=O) groups is 2. The molecule has 4 aromatic rings. The van der Waals surface area contributed by atoms with Crippen LogP contribution in [-0.2, 0) is 0 Å². The van der Waals surface area contributed by atoms with Crippen molar-refractivity contribution in [3.8, 4) is 11.4 Å². The van der Waals surface area contributed by atoms with E-state index in [0.717, 1.165) is 16.3 Å². The van der Waals surface area contributed by atoms with E-state index in [1.165, 1.54) is 19.2 Å². The third-order valence-electron chi connectivity index (χ3n) is 5.74. The fourth-order valence-corrected chi connectivity index (χ4v) is 4.33. The minimum atomic E-state index is -0.556. The van der Waals surface area contributed by atoms with Crippen molar-refractivity contribution in [2.45, 2.75) is 13.8 Å². The van der Waals surface area contributed by atoms with Gasteiger partial charge in [0.1, 0.15) is 11.4 Å². The number of nitrogens with zero attached hydrogens (tertiary/aromatic N) is 4. The molecule has 2 heterocycles. The number of benzene rings is 3. The van der Waals surface area contributed by atoms with Crippen molar-refractivity contribution < 1.29 is 19.2 Å². The second-order valence-corrected chi connectivity index (χ2v) is 7.76. The van der Waals surface area contributed by atoms with Gasteiger partial charge in [-0.15, -0.1) is 0 Å². The minimum Gasteiger partial charge on any atom is -0.494 e. The van der Waals surface area contributed by atoms with E-state index in [2.05, 4.69) is 5.10 Å². The fraction of sp³-hybridized carbons (Fsp3) is 0.125. The van der Waals surface area contributed by atoms with Crippen LogP contribution in [0.4, 0.5) is 11.4 Å². The lowest BCUT2D eigenvalue weighted by atomic mass is 9.92. The first-order valence-corrected chi connectivity index (χ1v) is 10.1. The molecule has 0 atom stereocenters. The molecule has 2 amide bonds. The molecule has 9 nitrogen and oxygen atoms in total. The Bertz CT molecular complexity index is 1480. The zero-order chi connectivity index (χ0) is 23.4. The molecule has 5 rings (SSSR count). The molecular weight excluding hydrogens is 424 g/mol. The molecule has 0 saturated carbocycles. The van der Waals surface area contributed by atoms with Crippen LogP contribution < -0.4 is 9.64 Å². The van der Waals surface area contributed by atoms with Crippen LogP contribution in [0.1, 0.15) is 32.1 Å². The highest BCUT2D eigenvalue weighted by Crippen LogP contribution is 2.38. The number of non-ortho nitro benzene ring substituents is 1. The van der Waals surface area contributed by atoms with E-state index in [0.29, 0.717) is 22.5 Å². The van der Waals surface area contributed by atoms with Crippen molar-refractivity contribution in [1.29, 1.82) is 0 Å². The zero-order valence-corrected chi connectivity index (χ0v) is 18.0. The van der Waals surface area contributed by atoms with Crippen molar-refractivity contribution in [1.82, 2.24) is 9.78 Å². The molecule has 164 valence electrons. The second-order valence-electron chi connectivity index (χ2n) is 7.76. The van der Waals surface area contributed by atoms with Crippen molar-refractivity contribution in [2.75, 3.05) is 12.0 Å². The Morgan fingerprint density at radius 2 is 1.70 bits per heavy atom. The first-order chi connectivity index (χ1) is 15.8. The molecule has 3 aromatic carbocycles.